The Hall–Kier alpha value is -2.62. The van der Waals surface area contributed by atoms with E-state index in [-0.39, 0.29) is 5.75 Å². The van der Waals surface area contributed by atoms with Gasteiger partial charge in [0.15, 0.2) is 5.15 Å². The second-order valence-corrected chi connectivity index (χ2v) is 6.24. The van der Waals surface area contributed by atoms with E-state index in [4.69, 9.17) is 11.6 Å². The normalized spacial score (nSPS) is 10.4. The lowest BCUT2D eigenvalue weighted by molar-refractivity contribution is 0.614. The summed E-state index contributed by atoms with van der Waals surface area (Å²) in [7, 11) is -2.44. The van der Waals surface area contributed by atoms with Crippen LogP contribution in [0, 0.1) is 11.8 Å². The van der Waals surface area contributed by atoms with Gasteiger partial charge in [-0.1, -0.05) is 35.7 Å². The molecule has 3 rings (SSSR count). The standard InChI is InChI=1S/C17H12ClN3O2S/c18-17-14(6-7-15-3-1-2-10-19-15)11-21(20-17)16-8-4-13(5-9-16)12-24(22)23/h1-5,8-11,24H,12H2. The zero-order valence-corrected chi connectivity index (χ0v) is 14.0. The van der Waals surface area contributed by atoms with Gasteiger partial charge in [-0.15, -0.1) is 0 Å². The Morgan fingerprint density at radius 1 is 1.08 bits per heavy atom. The summed E-state index contributed by atoms with van der Waals surface area (Å²) in [6.45, 7) is 0. The van der Waals surface area contributed by atoms with Crippen LogP contribution in [-0.4, -0.2) is 23.2 Å². The van der Waals surface area contributed by atoms with Crippen molar-refractivity contribution in [2.75, 3.05) is 0 Å². The van der Waals surface area contributed by atoms with Crippen molar-refractivity contribution in [3.63, 3.8) is 0 Å². The van der Waals surface area contributed by atoms with E-state index in [0.29, 0.717) is 16.4 Å². The third kappa shape index (κ3) is 4.02. The highest BCUT2D eigenvalue weighted by molar-refractivity contribution is 7.71. The summed E-state index contributed by atoms with van der Waals surface area (Å²) in [5, 5.41) is 4.52. The first-order chi connectivity index (χ1) is 11.6. The zero-order chi connectivity index (χ0) is 16.9. The van der Waals surface area contributed by atoms with Crippen molar-refractivity contribution in [2.24, 2.45) is 0 Å². The van der Waals surface area contributed by atoms with Crippen molar-refractivity contribution >= 4 is 22.3 Å². The molecule has 0 saturated carbocycles. The van der Waals surface area contributed by atoms with Crippen LogP contribution in [-0.2, 0) is 16.5 Å². The molecular formula is C17H12ClN3O2S. The first-order valence-electron chi connectivity index (χ1n) is 7.01. The van der Waals surface area contributed by atoms with Gasteiger partial charge in [0.05, 0.1) is 17.0 Å². The Labute approximate surface area is 145 Å². The Balaban J connectivity index is 1.85. The first kappa shape index (κ1) is 16.2. The minimum absolute atomic E-state index is 0.0241. The maximum Gasteiger partial charge on any atom is 0.167 e. The number of thiol groups is 1. The molecule has 0 bridgehead atoms. The molecule has 120 valence electrons. The van der Waals surface area contributed by atoms with E-state index >= 15 is 0 Å². The van der Waals surface area contributed by atoms with E-state index in [9.17, 15) is 8.42 Å². The predicted octanol–water partition coefficient (Wildman–Crippen LogP) is 2.43. The minimum atomic E-state index is -2.44. The largest absolute Gasteiger partial charge is 0.248 e. The maximum absolute atomic E-state index is 10.7. The van der Waals surface area contributed by atoms with E-state index < -0.39 is 10.7 Å². The van der Waals surface area contributed by atoms with Gasteiger partial charge in [-0.25, -0.2) is 18.1 Å². The second kappa shape index (κ2) is 7.30. The third-order valence-corrected chi connectivity index (χ3v) is 4.07. The van der Waals surface area contributed by atoms with Crippen LogP contribution >= 0.6 is 11.6 Å². The Morgan fingerprint density at radius 3 is 2.54 bits per heavy atom. The highest BCUT2D eigenvalue weighted by Gasteiger charge is 2.06. The number of benzene rings is 1. The van der Waals surface area contributed by atoms with E-state index in [1.807, 2.05) is 18.2 Å². The van der Waals surface area contributed by atoms with Crippen LogP contribution in [0.1, 0.15) is 16.8 Å². The number of nitrogens with zero attached hydrogens (tertiary/aromatic N) is 3. The van der Waals surface area contributed by atoms with Crippen LogP contribution in [0.15, 0.2) is 54.9 Å². The number of rotatable bonds is 3. The van der Waals surface area contributed by atoms with Crippen LogP contribution < -0.4 is 0 Å². The van der Waals surface area contributed by atoms with Crippen LogP contribution in [0.25, 0.3) is 5.69 Å². The SMILES string of the molecule is O=[SH](=O)Cc1ccc(-n2cc(C#Cc3ccccn3)c(Cl)n2)cc1. The lowest BCUT2D eigenvalue weighted by Gasteiger charge is -2.01. The summed E-state index contributed by atoms with van der Waals surface area (Å²) in [6, 6.07) is 12.6. The topological polar surface area (TPSA) is 64.8 Å². The average molecular weight is 358 g/mol. The van der Waals surface area contributed by atoms with Gasteiger partial charge in [0, 0.05) is 12.4 Å². The fourth-order valence-corrected chi connectivity index (χ4v) is 2.73. The summed E-state index contributed by atoms with van der Waals surface area (Å²) < 4.78 is 23.1. The molecule has 0 saturated heterocycles. The molecule has 0 aliphatic heterocycles. The number of aromatic nitrogens is 3. The molecule has 0 amide bonds. The summed E-state index contributed by atoms with van der Waals surface area (Å²) in [5.41, 5.74) is 2.74. The quantitative estimate of drug-likeness (QED) is 0.577. The molecule has 0 aliphatic rings. The van der Waals surface area contributed by atoms with Gasteiger partial charge in [0.25, 0.3) is 0 Å². The third-order valence-electron chi connectivity index (χ3n) is 3.17. The molecule has 0 atom stereocenters. The number of pyridine rings is 1. The fraction of sp³-hybridized carbons (Fsp3) is 0.0588. The number of hydrogen-bond donors (Lipinski definition) is 1. The Kier molecular flexibility index (Phi) is 4.94. The molecule has 0 radical (unpaired) electrons. The summed E-state index contributed by atoms with van der Waals surface area (Å²) in [6.07, 6.45) is 3.40. The molecule has 0 N–H and O–H groups in total. The van der Waals surface area contributed by atoms with Gasteiger partial charge in [0.2, 0.25) is 0 Å². The smallest absolute Gasteiger partial charge is 0.167 e. The molecule has 24 heavy (non-hydrogen) atoms. The van der Waals surface area contributed by atoms with Gasteiger partial charge in [0.1, 0.15) is 16.4 Å². The molecule has 2 heterocycles. The first-order valence-corrected chi connectivity index (χ1v) is 8.75. The molecule has 3 aromatic rings. The average Bonchev–Trinajstić information content (AvgIpc) is 2.95. The summed E-state index contributed by atoms with van der Waals surface area (Å²) in [4.78, 5) is 4.13. The summed E-state index contributed by atoms with van der Waals surface area (Å²) >= 11 is 6.13. The molecular weight excluding hydrogens is 346 g/mol. The van der Waals surface area contributed by atoms with Gasteiger partial charge in [-0.05, 0) is 35.7 Å². The molecule has 0 unspecified atom stereocenters. The minimum Gasteiger partial charge on any atom is -0.248 e. The monoisotopic (exact) mass is 357 g/mol. The highest BCUT2D eigenvalue weighted by Crippen LogP contribution is 2.17. The molecule has 1 aromatic carbocycles. The van der Waals surface area contributed by atoms with Crippen molar-refractivity contribution in [3.05, 3.63) is 76.8 Å². The van der Waals surface area contributed by atoms with E-state index in [0.717, 1.165) is 11.3 Å². The molecule has 0 aliphatic carbocycles. The highest BCUT2D eigenvalue weighted by atomic mass is 35.5. The van der Waals surface area contributed by atoms with Crippen LogP contribution in [0.5, 0.6) is 0 Å². The second-order valence-electron chi connectivity index (χ2n) is 4.90. The Bertz CT molecular complexity index is 976. The van der Waals surface area contributed by atoms with Gasteiger partial charge < -0.3 is 0 Å². The predicted molar refractivity (Wildman–Crippen MR) is 92.8 cm³/mol. The molecule has 0 fully saturated rings. The number of hydrogen-bond acceptors (Lipinski definition) is 4. The van der Waals surface area contributed by atoms with Gasteiger partial charge in [-0.3, -0.25) is 0 Å². The van der Waals surface area contributed by atoms with Crippen LogP contribution in [0.2, 0.25) is 5.15 Å². The lowest BCUT2D eigenvalue weighted by Crippen LogP contribution is -1.95. The maximum atomic E-state index is 10.7. The Morgan fingerprint density at radius 2 is 1.88 bits per heavy atom. The molecule has 2 aromatic heterocycles. The lowest BCUT2D eigenvalue weighted by atomic mass is 10.2. The molecule has 5 nitrogen and oxygen atoms in total. The van der Waals surface area contributed by atoms with Crippen molar-refractivity contribution in [3.8, 4) is 17.5 Å². The van der Waals surface area contributed by atoms with Crippen molar-refractivity contribution in [1.82, 2.24) is 14.8 Å². The fourth-order valence-electron chi connectivity index (χ4n) is 2.04. The van der Waals surface area contributed by atoms with Crippen molar-refractivity contribution in [2.45, 2.75) is 5.75 Å². The van der Waals surface area contributed by atoms with Crippen molar-refractivity contribution in [1.29, 1.82) is 0 Å². The van der Waals surface area contributed by atoms with Crippen molar-refractivity contribution < 1.29 is 8.42 Å². The van der Waals surface area contributed by atoms with Crippen LogP contribution in [0.3, 0.4) is 0 Å². The van der Waals surface area contributed by atoms with E-state index in [2.05, 4.69) is 21.9 Å². The summed E-state index contributed by atoms with van der Waals surface area (Å²) in [5.74, 6) is 5.90. The van der Waals surface area contributed by atoms with E-state index in [1.165, 1.54) is 0 Å². The number of halogens is 1. The van der Waals surface area contributed by atoms with Gasteiger partial charge in [-0.2, -0.15) is 5.10 Å². The zero-order valence-electron chi connectivity index (χ0n) is 12.4. The van der Waals surface area contributed by atoms with Gasteiger partial charge >= 0.3 is 0 Å². The molecule has 0 spiro atoms. The molecule has 7 heteroatoms. The van der Waals surface area contributed by atoms with Crippen LogP contribution in [0.4, 0.5) is 0 Å². The van der Waals surface area contributed by atoms with E-state index in [1.54, 1.807) is 41.3 Å².